The van der Waals surface area contributed by atoms with Crippen molar-refractivity contribution in [3.63, 3.8) is 0 Å². The van der Waals surface area contributed by atoms with Gasteiger partial charge >= 0.3 is 5.97 Å². The maximum Gasteiger partial charge on any atom is 0.326 e. The maximum atomic E-state index is 13.1. The average molecular weight is 313 g/mol. The number of aliphatic carboxylic acids is 1. The number of nitrogens with zero attached hydrogens (tertiary/aromatic N) is 3. The average Bonchev–Trinajstić information content (AvgIpc) is 3.16. The highest BCUT2D eigenvalue weighted by molar-refractivity contribution is 6.02. The van der Waals surface area contributed by atoms with Crippen molar-refractivity contribution in [2.45, 2.75) is 44.2 Å². The first-order chi connectivity index (χ1) is 11.2. The molecular formula is C17H19N3O3. The highest BCUT2D eigenvalue weighted by Gasteiger charge is 2.48. The van der Waals surface area contributed by atoms with Crippen molar-refractivity contribution in [1.29, 1.82) is 0 Å². The van der Waals surface area contributed by atoms with Crippen molar-refractivity contribution in [3.8, 4) is 0 Å². The molecule has 3 atom stereocenters. The summed E-state index contributed by atoms with van der Waals surface area (Å²) in [5.41, 5.74) is 1.21. The number of aromatic nitrogens is 2. The third-order valence-electron chi connectivity index (χ3n) is 5.26. The van der Waals surface area contributed by atoms with Gasteiger partial charge < -0.3 is 10.0 Å². The molecule has 2 fully saturated rings. The van der Waals surface area contributed by atoms with Gasteiger partial charge in [0.15, 0.2) is 0 Å². The number of fused-ring (bicyclic) bond motifs is 2. The summed E-state index contributed by atoms with van der Waals surface area (Å²) in [5, 5.41) is 13.8. The SMILES string of the molecule is O=C(O)[C@@H]1C[C@H]2CCCC[C@@H]2N1C(=O)c1cnn2ccccc12. The zero-order valence-electron chi connectivity index (χ0n) is 12.8. The van der Waals surface area contributed by atoms with Gasteiger partial charge in [0.25, 0.3) is 5.91 Å². The minimum atomic E-state index is -0.899. The fraction of sp³-hybridized carbons (Fsp3) is 0.471. The molecule has 1 saturated carbocycles. The molecule has 0 radical (unpaired) electrons. The molecule has 2 aliphatic rings. The number of carboxylic acid groups (broad SMARTS) is 1. The van der Waals surface area contributed by atoms with Crippen LogP contribution < -0.4 is 0 Å². The lowest BCUT2D eigenvalue weighted by Crippen LogP contribution is -2.46. The number of hydrogen-bond donors (Lipinski definition) is 1. The second-order valence-electron chi connectivity index (χ2n) is 6.50. The fourth-order valence-corrected chi connectivity index (χ4v) is 4.21. The summed E-state index contributed by atoms with van der Waals surface area (Å²) in [4.78, 5) is 26.4. The van der Waals surface area contributed by atoms with Crippen LogP contribution >= 0.6 is 0 Å². The molecule has 1 N–H and O–H groups in total. The second kappa shape index (κ2) is 5.37. The van der Waals surface area contributed by atoms with Gasteiger partial charge in [-0.2, -0.15) is 5.10 Å². The van der Waals surface area contributed by atoms with Gasteiger partial charge in [0.2, 0.25) is 0 Å². The summed E-state index contributed by atoms with van der Waals surface area (Å²) in [7, 11) is 0. The molecular weight excluding hydrogens is 294 g/mol. The molecule has 3 heterocycles. The molecule has 23 heavy (non-hydrogen) atoms. The molecule has 2 aromatic heterocycles. The largest absolute Gasteiger partial charge is 0.480 e. The molecule has 2 aromatic rings. The Bertz CT molecular complexity index is 769. The molecule has 1 aliphatic heterocycles. The lowest BCUT2D eigenvalue weighted by molar-refractivity contribution is -0.141. The number of rotatable bonds is 2. The fourth-order valence-electron chi connectivity index (χ4n) is 4.21. The Morgan fingerprint density at radius 1 is 1.22 bits per heavy atom. The van der Waals surface area contributed by atoms with E-state index in [2.05, 4.69) is 5.10 Å². The Hall–Kier alpha value is -2.37. The van der Waals surface area contributed by atoms with Crippen molar-refractivity contribution in [1.82, 2.24) is 14.5 Å². The first-order valence-electron chi connectivity index (χ1n) is 8.14. The molecule has 4 rings (SSSR count). The standard InChI is InChI=1S/C17H19N3O3/c21-16(12-10-18-19-8-4-3-7-14(12)19)20-13-6-2-1-5-11(13)9-15(20)17(22)23/h3-4,7-8,10-11,13,15H,1-2,5-6,9H2,(H,22,23)/t11-,13+,15+/m1/s1. The number of carbonyl (C=O) groups excluding carboxylic acids is 1. The second-order valence-corrected chi connectivity index (χ2v) is 6.50. The van der Waals surface area contributed by atoms with E-state index < -0.39 is 12.0 Å². The molecule has 1 amide bonds. The number of pyridine rings is 1. The Morgan fingerprint density at radius 2 is 2.04 bits per heavy atom. The van der Waals surface area contributed by atoms with Gasteiger partial charge in [-0.15, -0.1) is 0 Å². The minimum absolute atomic E-state index is 0.0519. The molecule has 1 saturated heterocycles. The van der Waals surface area contributed by atoms with Gasteiger partial charge in [-0.25, -0.2) is 9.31 Å². The normalized spacial score (nSPS) is 27.1. The first-order valence-corrected chi connectivity index (χ1v) is 8.14. The van der Waals surface area contributed by atoms with Crippen molar-refractivity contribution >= 4 is 17.4 Å². The monoisotopic (exact) mass is 313 g/mol. The van der Waals surface area contributed by atoms with Crippen LogP contribution in [0, 0.1) is 5.92 Å². The molecule has 6 nitrogen and oxygen atoms in total. The van der Waals surface area contributed by atoms with Crippen molar-refractivity contribution in [3.05, 3.63) is 36.2 Å². The van der Waals surface area contributed by atoms with Crippen LogP contribution in [0.2, 0.25) is 0 Å². The first kappa shape index (κ1) is 14.2. The van der Waals surface area contributed by atoms with E-state index >= 15 is 0 Å². The minimum Gasteiger partial charge on any atom is -0.480 e. The topological polar surface area (TPSA) is 74.9 Å². The molecule has 1 aliphatic carbocycles. The third kappa shape index (κ3) is 2.20. The number of likely N-dealkylation sites (tertiary alicyclic amines) is 1. The van der Waals surface area contributed by atoms with Crippen LogP contribution in [0.5, 0.6) is 0 Å². The summed E-state index contributed by atoms with van der Waals surface area (Å²) in [5.74, 6) is -0.784. The van der Waals surface area contributed by atoms with Crippen LogP contribution in [0.25, 0.3) is 5.52 Å². The van der Waals surface area contributed by atoms with Gasteiger partial charge in [-0.1, -0.05) is 18.9 Å². The van der Waals surface area contributed by atoms with E-state index in [1.54, 1.807) is 21.8 Å². The van der Waals surface area contributed by atoms with Gasteiger partial charge in [-0.05, 0) is 37.3 Å². The summed E-state index contributed by atoms with van der Waals surface area (Å²) < 4.78 is 1.65. The molecule has 6 heteroatoms. The molecule has 0 unspecified atom stereocenters. The molecule has 0 aromatic carbocycles. The quantitative estimate of drug-likeness (QED) is 0.922. The van der Waals surface area contributed by atoms with E-state index in [1.807, 2.05) is 18.2 Å². The van der Waals surface area contributed by atoms with Gasteiger partial charge in [0, 0.05) is 12.2 Å². The smallest absolute Gasteiger partial charge is 0.326 e. The highest BCUT2D eigenvalue weighted by Crippen LogP contribution is 2.40. The van der Waals surface area contributed by atoms with Gasteiger partial charge in [0.1, 0.15) is 6.04 Å². The van der Waals surface area contributed by atoms with Crippen molar-refractivity contribution in [2.24, 2.45) is 5.92 Å². The number of carboxylic acids is 1. The molecule has 120 valence electrons. The van der Waals surface area contributed by atoms with Crippen LogP contribution in [0.3, 0.4) is 0 Å². The summed E-state index contributed by atoms with van der Waals surface area (Å²) in [6.07, 6.45) is 8.02. The predicted octanol–water partition coefficient (Wildman–Crippen LogP) is 2.19. The number of hydrogen-bond acceptors (Lipinski definition) is 3. The van der Waals surface area contributed by atoms with Crippen molar-refractivity contribution in [2.75, 3.05) is 0 Å². The Morgan fingerprint density at radius 3 is 2.87 bits per heavy atom. The van der Waals surface area contributed by atoms with E-state index in [0.717, 1.165) is 31.2 Å². The third-order valence-corrected chi connectivity index (χ3v) is 5.26. The highest BCUT2D eigenvalue weighted by atomic mass is 16.4. The summed E-state index contributed by atoms with van der Waals surface area (Å²) >= 11 is 0. The summed E-state index contributed by atoms with van der Waals surface area (Å²) in [6, 6.07) is 4.88. The maximum absolute atomic E-state index is 13.1. The molecule has 0 spiro atoms. The Labute approximate surface area is 133 Å². The summed E-state index contributed by atoms with van der Waals surface area (Å²) in [6.45, 7) is 0. The van der Waals surface area contributed by atoms with Crippen LogP contribution in [0.15, 0.2) is 30.6 Å². The zero-order valence-corrected chi connectivity index (χ0v) is 12.8. The predicted molar refractivity (Wildman–Crippen MR) is 83.1 cm³/mol. The van der Waals surface area contributed by atoms with E-state index in [4.69, 9.17) is 0 Å². The van der Waals surface area contributed by atoms with Gasteiger partial charge in [0.05, 0.1) is 17.3 Å². The van der Waals surface area contributed by atoms with E-state index in [9.17, 15) is 14.7 Å². The van der Waals surface area contributed by atoms with E-state index in [0.29, 0.717) is 17.9 Å². The lowest BCUT2D eigenvalue weighted by Gasteiger charge is -2.32. The number of amides is 1. The zero-order chi connectivity index (χ0) is 16.0. The molecule has 0 bridgehead atoms. The van der Waals surface area contributed by atoms with Crippen LogP contribution in [0.1, 0.15) is 42.5 Å². The van der Waals surface area contributed by atoms with Crippen LogP contribution in [0.4, 0.5) is 0 Å². The van der Waals surface area contributed by atoms with Gasteiger partial charge in [-0.3, -0.25) is 4.79 Å². The van der Waals surface area contributed by atoms with Crippen molar-refractivity contribution < 1.29 is 14.7 Å². The number of carbonyl (C=O) groups is 2. The Kier molecular flexibility index (Phi) is 3.32. The van der Waals surface area contributed by atoms with E-state index in [-0.39, 0.29) is 11.9 Å². The van der Waals surface area contributed by atoms with Crippen LogP contribution in [-0.2, 0) is 4.79 Å². The van der Waals surface area contributed by atoms with E-state index in [1.165, 1.54) is 0 Å². The Balaban J connectivity index is 1.74. The van der Waals surface area contributed by atoms with Crippen LogP contribution in [-0.4, -0.2) is 43.6 Å². The lowest BCUT2D eigenvalue weighted by atomic mass is 9.84.